The number of carbonyl (C=O) groups is 1. The van der Waals surface area contributed by atoms with Crippen molar-refractivity contribution in [1.82, 2.24) is 0 Å². The maximum atomic E-state index is 14.5. The SMILES string of the molecule is CCCCOc1ccc(Br)c(C(=O)Nc2ccccc2)c1F. The number of carbonyl (C=O) groups excluding carboxylic acids is 1. The van der Waals surface area contributed by atoms with Crippen molar-refractivity contribution < 1.29 is 13.9 Å². The lowest BCUT2D eigenvalue weighted by molar-refractivity contribution is 0.102. The first-order chi connectivity index (χ1) is 10.6. The zero-order valence-electron chi connectivity index (χ0n) is 12.2. The summed E-state index contributed by atoms with van der Waals surface area (Å²) in [6, 6.07) is 12.1. The number of hydrogen-bond donors (Lipinski definition) is 1. The Morgan fingerprint density at radius 2 is 1.95 bits per heavy atom. The molecule has 22 heavy (non-hydrogen) atoms. The molecular formula is C17H17BrFNO2. The second-order valence-corrected chi connectivity index (χ2v) is 5.61. The monoisotopic (exact) mass is 365 g/mol. The summed E-state index contributed by atoms with van der Waals surface area (Å²) in [5.41, 5.74) is 0.550. The Kier molecular flexibility index (Phi) is 5.95. The van der Waals surface area contributed by atoms with Gasteiger partial charge in [0, 0.05) is 10.2 Å². The number of ether oxygens (including phenoxy) is 1. The molecule has 0 heterocycles. The fraction of sp³-hybridized carbons (Fsp3) is 0.235. The van der Waals surface area contributed by atoms with E-state index in [1.807, 2.05) is 13.0 Å². The summed E-state index contributed by atoms with van der Waals surface area (Å²) in [5.74, 6) is -1.08. The molecule has 0 aliphatic rings. The highest BCUT2D eigenvalue weighted by molar-refractivity contribution is 9.10. The first-order valence-corrected chi connectivity index (χ1v) is 7.90. The third-order valence-electron chi connectivity index (χ3n) is 3.07. The van der Waals surface area contributed by atoms with E-state index in [1.54, 1.807) is 30.3 Å². The first-order valence-electron chi connectivity index (χ1n) is 7.10. The van der Waals surface area contributed by atoms with Crippen LogP contribution in [0.15, 0.2) is 46.9 Å². The fourth-order valence-corrected chi connectivity index (χ4v) is 2.38. The zero-order valence-corrected chi connectivity index (χ0v) is 13.8. The Balaban J connectivity index is 2.21. The van der Waals surface area contributed by atoms with E-state index in [1.165, 1.54) is 6.07 Å². The van der Waals surface area contributed by atoms with Gasteiger partial charge < -0.3 is 10.1 Å². The molecule has 1 N–H and O–H groups in total. The minimum atomic E-state index is -0.654. The van der Waals surface area contributed by atoms with E-state index >= 15 is 0 Å². The van der Waals surface area contributed by atoms with Gasteiger partial charge in [0.25, 0.3) is 5.91 Å². The maximum absolute atomic E-state index is 14.5. The molecule has 2 rings (SSSR count). The number of unbranched alkanes of at least 4 members (excludes halogenated alkanes) is 1. The quantitative estimate of drug-likeness (QED) is 0.729. The molecule has 0 fully saturated rings. The first kappa shape index (κ1) is 16.5. The number of nitrogens with one attached hydrogen (secondary N) is 1. The highest BCUT2D eigenvalue weighted by Gasteiger charge is 2.20. The van der Waals surface area contributed by atoms with Gasteiger partial charge in [-0.15, -0.1) is 0 Å². The second-order valence-electron chi connectivity index (χ2n) is 4.76. The van der Waals surface area contributed by atoms with E-state index in [9.17, 15) is 9.18 Å². The van der Waals surface area contributed by atoms with Gasteiger partial charge in [0.15, 0.2) is 11.6 Å². The van der Waals surface area contributed by atoms with Crippen LogP contribution in [0.3, 0.4) is 0 Å². The molecule has 0 atom stereocenters. The normalized spacial score (nSPS) is 10.3. The molecular weight excluding hydrogens is 349 g/mol. The highest BCUT2D eigenvalue weighted by Crippen LogP contribution is 2.28. The molecule has 5 heteroatoms. The van der Waals surface area contributed by atoms with Crippen molar-refractivity contribution in [3.63, 3.8) is 0 Å². The molecule has 2 aromatic carbocycles. The lowest BCUT2D eigenvalue weighted by Gasteiger charge is -2.12. The van der Waals surface area contributed by atoms with Crippen molar-refractivity contribution in [2.24, 2.45) is 0 Å². The van der Waals surface area contributed by atoms with Gasteiger partial charge in [-0.05, 0) is 46.6 Å². The summed E-state index contributed by atoms with van der Waals surface area (Å²) in [5, 5.41) is 2.67. The largest absolute Gasteiger partial charge is 0.490 e. The van der Waals surface area contributed by atoms with Crippen molar-refractivity contribution >= 4 is 27.5 Å². The average molecular weight is 366 g/mol. The van der Waals surface area contributed by atoms with Gasteiger partial charge in [0.05, 0.1) is 12.2 Å². The van der Waals surface area contributed by atoms with Crippen LogP contribution in [0.1, 0.15) is 30.1 Å². The summed E-state index contributed by atoms with van der Waals surface area (Å²) in [4.78, 5) is 12.3. The van der Waals surface area contributed by atoms with E-state index in [-0.39, 0.29) is 11.3 Å². The second kappa shape index (κ2) is 7.94. The van der Waals surface area contributed by atoms with Gasteiger partial charge >= 0.3 is 0 Å². The standard InChI is InChI=1S/C17H17BrFNO2/c1-2-3-11-22-14-10-9-13(18)15(16(14)19)17(21)20-12-7-5-4-6-8-12/h4-10H,2-3,11H2,1H3,(H,20,21). The van der Waals surface area contributed by atoms with Gasteiger partial charge in [-0.25, -0.2) is 4.39 Å². The Labute approximate surface area is 137 Å². The molecule has 0 spiro atoms. The van der Waals surface area contributed by atoms with E-state index in [0.29, 0.717) is 16.8 Å². The number of para-hydroxylation sites is 1. The number of benzene rings is 2. The molecule has 2 aromatic rings. The van der Waals surface area contributed by atoms with E-state index < -0.39 is 11.7 Å². The van der Waals surface area contributed by atoms with Crippen molar-refractivity contribution in [1.29, 1.82) is 0 Å². The van der Waals surface area contributed by atoms with Crippen molar-refractivity contribution in [2.45, 2.75) is 19.8 Å². The summed E-state index contributed by atoms with van der Waals surface area (Å²) >= 11 is 3.22. The van der Waals surface area contributed by atoms with Crippen LogP contribution in [-0.2, 0) is 0 Å². The predicted octanol–water partition coefficient (Wildman–Crippen LogP) is 5.02. The molecule has 0 aliphatic carbocycles. The fourth-order valence-electron chi connectivity index (χ4n) is 1.89. The van der Waals surface area contributed by atoms with Crippen LogP contribution >= 0.6 is 15.9 Å². The summed E-state index contributed by atoms with van der Waals surface area (Å²) in [6.07, 6.45) is 1.79. The molecule has 0 radical (unpaired) electrons. The number of halogens is 2. The molecule has 0 aliphatic heterocycles. The molecule has 1 amide bonds. The van der Waals surface area contributed by atoms with E-state index in [2.05, 4.69) is 21.2 Å². The van der Waals surface area contributed by atoms with Crippen molar-refractivity contribution in [3.8, 4) is 5.75 Å². The Bertz CT molecular complexity index is 647. The molecule has 116 valence electrons. The van der Waals surface area contributed by atoms with Gasteiger partial charge in [0.2, 0.25) is 0 Å². The van der Waals surface area contributed by atoms with Crippen molar-refractivity contribution in [2.75, 3.05) is 11.9 Å². The van der Waals surface area contributed by atoms with Crippen LogP contribution in [0.5, 0.6) is 5.75 Å². The van der Waals surface area contributed by atoms with Crippen LogP contribution in [0, 0.1) is 5.82 Å². The number of hydrogen-bond acceptors (Lipinski definition) is 2. The summed E-state index contributed by atoms with van der Waals surface area (Å²) in [7, 11) is 0. The van der Waals surface area contributed by atoms with Gasteiger partial charge in [-0.3, -0.25) is 4.79 Å². The molecule has 3 nitrogen and oxygen atoms in total. The average Bonchev–Trinajstić information content (AvgIpc) is 2.51. The molecule has 0 bridgehead atoms. The summed E-state index contributed by atoms with van der Waals surface area (Å²) < 4.78 is 20.3. The number of rotatable bonds is 6. The number of anilines is 1. The predicted molar refractivity (Wildman–Crippen MR) is 88.9 cm³/mol. The highest BCUT2D eigenvalue weighted by atomic mass is 79.9. The molecule has 0 unspecified atom stereocenters. The lowest BCUT2D eigenvalue weighted by atomic mass is 10.1. The van der Waals surface area contributed by atoms with Crippen LogP contribution in [0.25, 0.3) is 0 Å². The molecule has 0 aromatic heterocycles. The van der Waals surface area contributed by atoms with Gasteiger partial charge in [-0.1, -0.05) is 31.5 Å². The Morgan fingerprint density at radius 1 is 1.23 bits per heavy atom. The van der Waals surface area contributed by atoms with Gasteiger partial charge in [-0.2, -0.15) is 0 Å². The van der Waals surface area contributed by atoms with E-state index in [4.69, 9.17) is 4.74 Å². The van der Waals surface area contributed by atoms with Crippen molar-refractivity contribution in [3.05, 3.63) is 58.3 Å². The zero-order chi connectivity index (χ0) is 15.9. The van der Waals surface area contributed by atoms with Crippen LogP contribution < -0.4 is 10.1 Å². The topological polar surface area (TPSA) is 38.3 Å². The third kappa shape index (κ3) is 4.07. The van der Waals surface area contributed by atoms with Crippen LogP contribution in [0.2, 0.25) is 0 Å². The molecule has 0 saturated carbocycles. The smallest absolute Gasteiger partial charge is 0.259 e. The summed E-state index contributed by atoms with van der Waals surface area (Å²) in [6.45, 7) is 2.45. The number of amides is 1. The van der Waals surface area contributed by atoms with Crippen LogP contribution in [-0.4, -0.2) is 12.5 Å². The Hall–Kier alpha value is -1.88. The van der Waals surface area contributed by atoms with Gasteiger partial charge in [0.1, 0.15) is 0 Å². The van der Waals surface area contributed by atoms with E-state index in [0.717, 1.165) is 12.8 Å². The minimum absolute atomic E-state index is 0.0575. The van der Waals surface area contributed by atoms with Crippen LogP contribution in [0.4, 0.5) is 10.1 Å². The maximum Gasteiger partial charge on any atom is 0.259 e. The molecule has 0 saturated heterocycles. The Morgan fingerprint density at radius 3 is 2.64 bits per heavy atom. The third-order valence-corrected chi connectivity index (χ3v) is 3.73. The lowest BCUT2D eigenvalue weighted by Crippen LogP contribution is -2.15. The minimum Gasteiger partial charge on any atom is -0.490 e.